The summed E-state index contributed by atoms with van der Waals surface area (Å²) in [5.74, 6) is 0. The van der Waals surface area contributed by atoms with Gasteiger partial charge in [0.25, 0.3) is 0 Å². The van der Waals surface area contributed by atoms with Gasteiger partial charge in [-0.1, -0.05) is 12.1 Å². The minimum Gasteiger partial charge on any atom is -0.371 e. The van der Waals surface area contributed by atoms with E-state index >= 15 is 0 Å². The van der Waals surface area contributed by atoms with E-state index < -0.39 is 11.7 Å². The number of alkyl halides is 3. The molecule has 0 aromatic heterocycles. The molecule has 0 bridgehead atoms. The quantitative estimate of drug-likeness (QED) is 0.748. The Bertz CT molecular complexity index is 333. The van der Waals surface area contributed by atoms with E-state index in [4.69, 9.17) is 4.74 Å². The lowest BCUT2D eigenvalue weighted by molar-refractivity contribution is -0.137. The monoisotopic (exact) mass is 232 g/mol. The van der Waals surface area contributed by atoms with E-state index in [2.05, 4.69) is 0 Å². The van der Waals surface area contributed by atoms with Crippen LogP contribution in [0.4, 0.5) is 13.2 Å². The first-order valence-corrected chi connectivity index (χ1v) is 4.98. The highest BCUT2D eigenvalue weighted by molar-refractivity contribution is 5.24. The van der Waals surface area contributed by atoms with Gasteiger partial charge in [-0.05, 0) is 38.5 Å². The fraction of sp³-hybridized carbons (Fsp3) is 0.500. The van der Waals surface area contributed by atoms with E-state index in [1.165, 1.54) is 12.1 Å². The van der Waals surface area contributed by atoms with Crippen molar-refractivity contribution in [2.24, 2.45) is 0 Å². The summed E-state index contributed by atoms with van der Waals surface area (Å²) in [7, 11) is 0. The fourth-order valence-electron chi connectivity index (χ4n) is 1.09. The SMILES string of the molecule is CC(C)(C)OCc1ccc(C(F)(F)F)cc1. The molecule has 0 amide bonds. The zero-order valence-corrected chi connectivity index (χ0v) is 9.56. The molecule has 0 saturated heterocycles. The van der Waals surface area contributed by atoms with Crippen molar-refractivity contribution in [1.82, 2.24) is 0 Å². The number of hydrogen-bond acceptors (Lipinski definition) is 1. The highest BCUT2D eigenvalue weighted by Gasteiger charge is 2.29. The van der Waals surface area contributed by atoms with Gasteiger partial charge in [0, 0.05) is 0 Å². The van der Waals surface area contributed by atoms with E-state index in [1.807, 2.05) is 20.8 Å². The predicted molar refractivity (Wildman–Crippen MR) is 56.0 cm³/mol. The van der Waals surface area contributed by atoms with Crippen LogP contribution in [0.3, 0.4) is 0 Å². The summed E-state index contributed by atoms with van der Waals surface area (Å²) in [4.78, 5) is 0. The Labute approximate surface area is 93.2 Å². The van der Waals surface area contributed by atoms with Crippen molar-refractivity contribution in [3.05, 3.63) is 35.4 Å². The highest BCUT2D eigenvalue weighted by Crippen LogP contribution is 2.29. The zero-order valence-electron chi connectivity index (χ0n) is 9.56. The molecule has 0 N–H and O–H groups in total. The molecule has 0 heterocycles. The van der Waals surface area contributed by atoms with Crippen LogP contribution in [0.5, 0.6) is 0 Å². The van der Waals surface area contributed by atoms with Gasteiger partial charge in [-0.25, -0.2) is 0 Å². The van der Waals surface area contributed by atoms with E-state index in [1.54, 1.807) is 0 Å². The molecule has 90 valence electrons. The first-order chi connectivity index (χ1) is 7.18. The topological polar surface area (TPSA) is 9.23 Å². The second kappa shape index (κ2) is 4.45. The maximum atomic E-state index is 12.3. The lowest BCUT2D eigenvalue weighted by Gasteiger charge is -2.19. The predicted octanol–water partition coefficient (Wildman–Crippen LogP) is 4.02. The van der Waals surface area contributed by atoms with E-state index in [-0.39, 0.29) is 5.60 Å². The minimum atomic E-state index is -4.27. The van der Waals surface area contributed by atoms with E-state index in [9.17, 15) is 13.2 Å². The van der Waals surface area contributed by atoms with Crippen molar-refractivity contribution in [3.8, 4) is 0 Å². The van der Waals surface area contributed by atoms with Crippen LogP contribution in [0.15, 0.2) is 24.3 Å². The molecule has 0 saturated carbocycles. The fourth-order valence-corrected chi connectivity index (χ4v) is 1.09. The number of hydrogen-bond donors (Lipinski definition) is 0. The van der Waals surface area contributed by atoms with Gasteiger partial charge >= 0.3 is 6.18 Å². The molecule has 0 spiro atoms. The van der Waals surface area contributed by atoms with Crippen molar-refractivity contribution >= 4 is 0 Å². The van der Waals surface area contributed by atoms with Crippen LogP contribution in [-0.4, -0.2) is 5.60 Å². The van der Waals surface area contributed by atoms with Gasteiger partial charge in [-0.3, -0.25) is 0 Å². The Morgan fingerprint density at radius 2 is 1.50 bits per heavy atom. The van der Waals surface area contributed by atoms with Crippen LogP contribution in [0.1, 0.15) is 31.9 Å². The Hall–Kier alpha value is -1.03. The number of rotatable bonds is 2. The number of ether oxygens (including phenoxy) is 1. The third kappa shape index (κ3) is 4.23. The lowest BCUT2D eigenvalue weighted by Crippen LogP contribution is -2.18. The van der Waals surface area contributed by atoms with Gasteiger partial charge in [0.2, 0.25) is 0 Å². The molecule has 1 aromatic carbocycles. The first-order valence-electron chi connectivity index (χ1n) is 4.98. The molecule has 0 aliphatic rings. The first kappa shape index (κ1) is 13.0. The molecule has 1 nitrogen and oxygen atoms in total. The number of halogens is 3. The van der Waals surface area contributed by atoms with Crippen molar-refractivity contribution in [3.63, 3.8) is 0 Å². The second-order valence-electron chi connectivity index (χ2n) is 4.60. The summed E-state index contributed by atoms with van der Waals surface area (Å²) in [5.41, 5.74) is -0.183. The van der Waals surface area contributed by atoms with Gasteiger partial charge in [-0.2, -0.15) is 13.2 Å². The maximum absolute atomic E-state index is 12.3. The van der Waals surface area contributed by atoms with Crippen molar-refractivity contribution in [1.29, 1.82) is 0 Å². The molecule has 0 atom stereocenters. The molecule has 4 heteroatoms. The molecule has 0 radical (unpaired) electrons. The Kier molecular flexibility index (Phi) is 3.63. The zero-order chi connectivity index (χ0) is 12.4. The highest BCUT2D eigenvalue weighted by atomic mass is 19.4. The second-order valence-corrected chi connectivity index (χ2v) is 4.60. The van der Waals surface area contributed by atoms with E-state index in [0.29, 0.717) is 6.61 Å². The van der Waals surface area contributed by atoms with Gasteiger partial charge in [0.1, 0.15) is 0 Å². The van der Waals surface area contributed by atoms with Crippen LogP contribution < -0.4 is 0 Å². The summed E-state index contributed by atoms with van der Waals surface area (Å²) in [6.07, 6.45) is -4.27. The van der Waals surface area contributed by atoms with Gasteiger partial charge in [-0.15, -0.1) is 0 Å². The summed E-state index contributed by atoms with van der Waals surface area (Å²) in [6.45, 7) is 6.02. The van der Waals surface area contributed by atoms with Crippen LogP contribution >= 0.6 is 0 Å². The maximum Gasteiger partial charge on any atom is 0.416 e. The molecule has 0 aliphatic carbocycles. The van der Waals surface area contributed by atoms with Gasteiger partial charge < -0.3 is 4.74 Å². The smallest absolute Gasteiger partial charge is 0.371 e. The lowest BCUT2D eigenvalue weighted by atomic mass is 10.1. The average Bonchev–Trinajstić information content (AvgIpc) is 2.13. The van der Waals surface area contributed by atoms with Crippen LogP contribution in [0.2, 0.25) is 0 Å². The third-order valence-electron chi connectivity index (χ3n) is 1.95. The average molecular weight is 232 g/mol. The third-order valence-corrected chi connectivity index (χ3v) is 1.95. The molecule has 1 rings (SSSR count). The van der Waals surface area contributed by atoms with Crippen molar-refractivity contribution in [2.45, 2.75) is 39.2 Å². The summed E-state index contributed by atoms with van der Waals surface area (Å²) in [6, 6.07) is 5.02. The molecule has 1 aromatic rings. The molecular formula is C12H15F3O. The van der Waals surface area contributed by atoms with Crippen molar-refractivity contribution < 1.29 is 17.9 Å². The molecule has 0 aliphatic heterocycles. The van der Waals surface area contributed by atoms with Crippen molar-refractivity contribution in [2.75, 3.05) is 0 Å². The van der Waals surface area contributed by atoms with Crippen LogP contribution in [0, 0.1) is 0 Å². The number of benzene rings is 1. The van der Waals surface area contributed by atoms with Crippen LogP contribution in [0.25, 0.3) is 0 Å². The molecular weight excluding hydrogens is 217 g/mol. The standard InChI is InChI=1S/C12H15F3O/c1-11(2,3)16-8-9-4-6-10(7-5-9)12(13,14)15/h4-7H,8H2,1-3H3. The molecule has 16 heavy (non-hydrogen) atoms. The Balaban J connectivity index is 2.66. The normalized spacial score (nSPS) is 12.9. The molecule has 0 fully saturated rings. The summed E-state index contributed by atoms with van der Waals surface area (Å²) in [5, 5.41) is 0. The summed E-state index contributed by atoms with van der Waals surface area (Å²) < 4.78 is 42.2. The summed E-state index contributed by atoms with van der Waals surface area (Å²) >= 11 is 0. The Morgan fingerprint density at radius 1 is 1.00 bits per heavy atom. The Morgan fingerprint density at radius 3 is 1.88 bits per heavy atom. The van der Waals surface area contributed by atoms with Gasteiger partial charge in [0.05, 0.1) is 17.8 Å². The minimum absolute atomic E-state index is 0.289. The van der Waals surface area contributed by atoms with E-state index in [0.717, 1.165) is 17.7 Å². The largest absolute Gasteiger partial charge is 0.416 e. The molecule has 0 unspecified atom stereocenters. The van der Waals surface area contributed by atoms with Crippen LogP contribution in [-0.2, 0) is 17.5 Å². The van der Waals surface area contributed by atoms with Gasteiger partial charge in [0.15, 0.2) is 0 Å².